The highest BCUT2D eigenvalue weighted by Crippen LogP contribution is 2.30. The van der Waals surface area contributed by atoms with Gasteiger partial charge in [0.25, 0.3) is 0 Å². The first-order valence-electron chi connectivity index (χ1n) is 9.53. The van der Waals surface area contributed by atoms with Crippen molar-refractivity contribution in [3.8, 4) is 22.8 Å². The Labute approximate surface area is 178 Å². The van der Waals surface area contributed by atoms with E-state index in [-0.39, 0.29) is 11.7 Å². The molecule has 0 atom stereocenters. The van der Waals surface area contributed by atoms with Crippen LogP contribution in [0.25, 0.3) is 11.3 Å². The summed E-state index contributed by atoms with van der Waals surface area (Å²) in [6.07, 6.45) is 0. The highest BCUT2D eigenvalue weighted by atomic mass is 19.1. The fraction of sp³-hybridized carbons (Fsp3) is 0.0435. The number of hydrazine groups is 1. The third-order valence-electron chi connectivity index (χ3n) is 4.60. The van der Waals surface area contributed by atoms with Crippen LogP contribution in [0.3, 0.4) is 0 Å². The lowest BCUT2D eigenvalue weighted by atomic mass is 10.1. The number of halogens is 1. The number of hydrogen-bond donors (Lipinski definition) is 4. The Balaban J connectivity index is 1.54. The van der Waals surface area contributed by atoms with Crippen LogP contribution in [-0.2, 0) is 0 Å². The summed E-state index contributed by atoms with van der Waals surface area (Å²) in [5.74, 6) is 6.10. The largest absolute Gasteiger partial charge is 0.454 e. The minimum absolute atomic E-state index is 0.102. The number of ether oxygens (including phenoxy) is 1. The predicted octanol–water partition coefficient (Wildman–Crippen LogP) is 4.99. The number of rotatable bonds is 6. The molecule has 0 spiro atoms. The van der Waals surface area contributed by atoms with Crippen LogP contribution in [0.5, 0.6) is 11.5 Å². The summed E-state index contributed by atoms with van der Waals surface area (Å²) in [7, 11) is 0. The molecular formula is C23H21FN6O. The van der Waals surface area contributed by atoms with Crippen molar-refractivity contribution in [2.45, 2.75) is 6.92 Å². The molecule has 0 unspecified atom stereocenters. The first-order chi connectivity index (χ1) is 15.0. The lowest BCUT2D eigenvalue weighted by Gasteiger charge is -2.12. The molecule has 4 aromatic rings. The number of benzene rings is 3. The van der Waals surface area contributed by atoms with Crippen molar-refractivity contribution in [2.24, 2.45) is 5.84 Å². The van der Waals surface area contributed by atoms with Crippen LogP contribution in [-0.4, -0.2) is 9.97 Å². The maximum atomic E-state index is 14.7. The molecule has 8 heteroatoms. The van der Waals surface area contributed by atoms with Gasteiger partial charge in [-0.25, -0.2) is 9.37 Å². The average molecular weight is 416 g/mol. The van der Waals surface area contributed by atoms with E-state index in [0.717, 1.165) is 16.8 Å². The number of aromatic nitrogens is 2. The zero-order chi connectivity index (χ0) is 21.8. The Morgan fingerprint density at radius 1 is 0.935 bits per heavy atom. The Kier molecular flexibility index (Phi) is 5.63. The lowest BCUT2D eigenvalue weighted by molar-refractivity contribution is 0.442. The standard InChI is InChI=1S/C23H21FN6O/c1-14-11-17(8-9-19(14)30-26)31-21-10-7-16(12-18(21)24)27-22-13-20(28-23(25)29-22)15-5-3-2-4-6-15/h2-13,30H,26H2,1H3,(H3,25,27,28,29). The molecule has 0 saturated carbocycles. The van der Waals surface area contributed by atoms with Gasteiger partial charge in [0.1, 0.15) is 11.6 Å². The van der Waals surface area contributed by atoms with E-state index in [1.807, 2.05) is 37.3 Å². The third-order valence-corrected chi connectivity index (χ3v) is 4.60. The average Bonchev–Trinajstić information content (AvgIpc) is 2.76. The molecule has 0 bridgehead atoms. The quantitative estimate of drug-likeness (QED) is 0.259. The summed E-state index contributed by atoms with van der Waals surface area (Å²) in [6.45, 7) is 1.88. The van der Waals surface area contributed by atoms with E-state index in [2.05, 4.69) is 20.7 Å². The van der Waals surface area contributed by atoms with Gasteiger partial charge in [-0.3, -0.25) is 5.84 Å². The number of hydrogen-bond acceptors (Lipinski definition) is 7. The van der Waals surface area contributed by atoms with Crippen LogP contribution in [0.1, 0.15) is 5.56 Å². The lowest BCUT2D eigenvalue weighted by Crippen LogP contribution is -2.07. The normalized spacial score (nSPS) is 10.5. The molecule has 0 aliphatic heterocycles. The number of nitrogens with two attached hydrogens (primary N) is 2. The minimum atomic E-state index is -0.519. The van der Waals surface area contributed by atoms with Crippen molar-refractivity contribution in [3.05, 3.63) is 84.2 Å². The summed E-state index contributed by atoms with van der Waals surface area (Å²) >= 11 is 0. The van der Waals surface area contributed by atoms with Crippen LogP contribution < -0.4 is 27.1 Å². The summed E-state index contributed by atoms with van der Waals surface area (Å²) in [5.41, 5.74) is 12.2. The van der Waals surface area contributed by atoms with Gasteiger partial charge >= 0.3 is 0 Å². The fourth-order valence-corrected chi connectivity index (χ4v) is 3.08. The smallest absolute Gasteiger partial charge is 0.222 e. The van der Waals surface area contributed by atoms with Crippen LogP contribution >= 0.6 is 0 Å². The van der Waals surface area contributed by atoms with Gasteiger partial charge in [-0.15, -0.1) is 0 Å². The van der Waals surface area contributed by atoms with Crippen LogP contribution in [0.4, 0.5) is 27.5 Å². The first kappa shape index (κ1) is 20.1. The van der Waals surface area contributed by atoms with Crippen molar-refractivity contribution in [3.63, 3.8) is 0 Å². The number of anilines is 4. The molecule has 0 fully saturated rings. The van der Waals surface area contributed by atoms with Crippen molar-refractivity contribution in [1.82, 2.24) is 9.97 Å². The van der Waals surface area contributed by atoms with Gasteiger partial charge in [0.2, 0.25) is 5.95 Å². The van der Waals surface area contributed by atoms with E-state index in [4.69, 9.17) is 16.3 Å². The fourth-order valence-electron chi connectivity index (χ4n) is 3.08. The Morgan fingerprint density at radius 2 is 1.74 bits per heavy atom. The highest BCUT2D eigenvalue weighted by molar-refractivity contribution is 5.67. The Bertz CT molecular complexity index is 1220. The number of nitrogens with one attached hydrogen (secondary N) is 2. The molecule has 0 saturated heterocycles. The van der Waals surface area contributed by atoms with Crippen molar-refractivity contribution in [2.75, 3.05) is 16.5 Å². The molecular weight excluding hydrogens is 395 g/mol. The molecule has 1 heterocycles. The van der Waals surface area contributed by atoms with Crippen LogP contribution in [0.2, 0.25) is 0 Å². The van der Waals surface area contributed by atoms with Crippen molar-refractivity contribution >= 4 is 23.1 Å². The number of aryl methyl sites for hydroxylation is 1. The molecule has 0 amide bonds. The maximum absolute atomic E-state index is 14.7. The Hall–Kier alpha value is -4.17. The van der Waals surface area contributed by atoms with E-state index in [1.165, 1.54) is 6.07 Å². The second kappa shape index (κ2) is 8.68. The molecule has 4 rings (SSSR count). The first-order valence-corrected chi connectivity index (χ1v) is 9.53. The third kappa shape index (κ3) is 4.71. The molecule has 31 heavy (non-hydrogen) atoms. The summed E-state index contributed by atoms with van der Waals surface area (Å²) in [6, 6.07) is 21.2. The van der Waals surface area contributed by atoms with E-state index in [0.29, 0.717) is 22.9 Å². The molecule has 0 aliphatic rings. The zero-order valence-electron chi connectivity index (χ0n) is 16.8. The topological polar surface area (TPSA) is 111 Å². The second-order valence-electron chi connectivity index (χ2n) is 6.86. The molecule has 3 aromatic carbocycles. The number of nitrogen functional groups attached to an aromatic ring is 2. The van der Waals surface area contributed by atoms with Gasteiger partial charge in [-0.2, -0.15) is 4.98 Å². The molecule has 156 valence electrons. The summed E-state index contributed by atoms with van der Waals surface area (Å²) in [5, 5.41) is 3.06. The van der Waals surface area contributed by atoms with E-state index < -0.39 is 5.82 Å². The molecule has 1 aromatic heterocycles. The second-order valence-corrected chi connectivity index (χ2v) is 6.86. The molecule has 7 nitrogen and oxygen atoms in total. The molecule has 0 aliphatic carbocycles. The minimum Gasteiger partial charge on any atom is -0.454 e. The van der Waals surface area contributed by atoms with Crippen molar-refractivity contribution in [1.29, 1.82) is 0 Å². The van der Waals surface area contributed by atoms with E-state index in [9.17, 15) is 4.39 Å². The Morgan fingerprint density at radius 3 is 2.45 bits per heavy atom. The van der Waals surface area contributed by atoms with Gasteiger partial charge in [-0.05, 0) is 42.8 Å². The molecule has 0 radical (unpaired) electrons. The molecule has 6 N–H and O–H groups in total. The van der Waals surface area contributed by atoms with Gasteiger partial charge in [0, 0.05) is 23.4 Å². The summed E-state index contributed by atoms with van der Waals surface area (Å²) in [4.78, 5) is 8.45. The predicted molar refractivity (Wildman–Crippen MR) is 121 cm³/mol. The maximum Gasteiger partial charge on any atom is 0.222 e. The SMILES string of the molecule is Cc1cc(Oc2ccc(Nc3cc(-c4ccccc4)nc(N)n3)cc2F)ccc1NN. The van der Waals surface area contributed by atoms with Gasteiger partial charge in [0.15, 0.2) is 11.6 Å². The van der Waals surface area contributed by atoms with E-state index >= 15 is 0 Å². The van der Waals surface area contributed by atoms with Crippen molar-refractivity contribution < 1.29 is 9.13 Å². The van der Waals surface area contributed by atoms with Crippen LogP contribution in [0, 0.1) is 12.7 Å². The van der Waals surface area contributed by atoms with Gasteiger partial charge in [0.05, 0.1) is 11.4 Å². The monoisotopic (exact) mass is 416 g/mol. The zero-order valence-corrected chi connectivity index (χ0v) is 16.8. The number of nitrogens with zero attached hydrogens (tertiary/aromatic N) is 2. The summed E-state index contributed by atoms with van der Waals surface area (Å²) < 4.78 is 20.3. The van der Waals surface area contributed by atoms with Gasteiger partial charge in [-0.1, -0.05) is 30.3 Å². The van der Waals surface area contributed by atoms with E-state index in [1.54, 1.807) is 36.4 Å². The highest BCUT2D eigenvalue weighted by Gasteiger charge is 2.10. The van der Waals surface area contributed by atoms with Gasteiger partial charge < -0.3 is 21.2 Å². The van der Waals surface area contributed by atoms with Crippen LogP contribution in [0.15, 0.2) is 72.8 Å².